The van der Waals surface area contributed by atoms with Crippen molar-refractivity contribution in [2.75, 3.05) is 0 Å². The third kappa shape index (κ3) is 1.85. The minimum absolute atomic E-state index is 0.0867. The Hall–Kier alpha value is -1.39. The van der Waals surface area contributed by atoms with E-state index in [1.165, 1.54) is 17.3 Å². The van der Waals surface area contributed by atoms with Gasteiger partial charge in [0.2, 0.25) is 0 Å². The Bertz CT molecular complexity index is 207. The molecule has 1 heterocycles. The van der Waals surface area contributed by atoms with Crippen molar-refractivity contribution in [3.8, 4) is 0 Å². The summed E-state index contributed by atoms with van der Waals surface area (Å²) in [4.78, 5) is 13.7. The molecular formula is C5H7N3O2. The van der Waals surface area contributed by atoms with Crippen LogP contribution in [-0.2, 0) is 11.3 Å². The Morgan fingerprint density at radius 3 is 3.00 bits per heavy atom. The molecular weight excluding hydrogens is 134 g/mol. The van der Waals surface area contributed by atoms with Crippen LogP contribution in [0.3, 0.4) is 0 Å². The highest BCUT2D eigenvalue weighted by Crippen LogP contribution is 1.85. The van der Waals surface area contributed by atoms with Crippen molar-refractivity contribution >= 4 is 5.97 Å². The summed E-state index contributed by atoms with van der Waals surface area (Å²) in [7, 11) is 0. The van der Waals surface area contributed by atoms with Crippen LogP contribution in [0, 0.1) is 0 Å². The maximum Gasteiger partial charge on any atom is 0.305 e. The highest BCUT2D eigenvalue weighted by atomic mass is 16.4. The number of aryl methyl sites for hydroxylation is 1. The summed E-state index contributed by atoms with van der Waals surface area (Å²) in [6.45, 7) is 0.384. The Balaban J connectivity index is 2.35. The van der Waals surface area contributed by atoms with E-state index < -0.39 is 5.97 Å². The lowest BCUT2D eigenvalue weighted by Gasteiger charge is -1.93. The SMILES string of the molecule is O=C(O)CCn1cncn1. The predicted molar refractivity (Wildman–Crippen MR) is 32.3 cm³/mol. The normalized spacial score (nSPS) is 9.60. The second kappa shape index (κ2) is 2.95. The number of rotatable bonds is 3. The van der Waals surface area contributed by atoms with Crippen molar-refractivity contribution in [1.29, 1.82) is 0 Å². The zero-order valence-corrected chi connectivity index (χ0v) is 5.27. The third-order valence-corrected chi connectivity index (χ3v) is 1.02. The molecule has 0 atom stereocenters. The van der Waals surface area contributed by atoms with Crippen LogP contribution < -0.4 is 0 Å². The first-order chi connectivity index (χ1) is 4.79. The summed E-state index contributed by atoms with van der Waals surface area (Å²) >= 11 is 0. The van der Waals surface area contributed by atoms with E-state index in [-0.39, 0.29) is 6.42 Å². The predicted octanol–water partition coefficient (Wildman–Crippen LogP) is -0.247. The molecule has 0 fully saturated rings. The van der Waals surface area contributed by atoms with Gasteiger partial charge in [0.25, 0.3) is 0 Å². The van der Waals surface area contributed by atoms with E-state index in [4.69, 9.17) is 5.11 Å². The van der Waals surface area contributed by atoms with Gasteiger partial charge in [-0.1, -0.05) is 0 Å². The summed E-state index contributed by atoms with van der Waals surface area (Å²) in [5.41, 5.74) is 0. The van der Waals surface area contributed by atoms with Gasteiger partial charge in [0, 0.05) is 0 Å². The highest BCUT2D eigenvalue weighted by Gasteiger charge is 1.96. The molecule has 0 saturated heterocycles. The number of hydrogen-bond donors (Lipinski definition) is 1. The smallest absolute Gasteiger partial charge is 0.305 e. The van der Waals surface area contributed by atoms with Crippen molar-refractivity contribution in [1.82, 2.24) is 14.8 Å². The van der Waals surface area contributed by atoms with E-state index in [0.29, 0.717) is 6.54 Å². The number of carboxylic acids is 1. The van der Waals surface area contributed by atoms with Gasteiger partial charge in [-0.25, -0.2) is 4.98 Å². The Kier molecular flexibility index (Phi) is 1.99. The second-order valence-corrected chi connectivity index (χ2v) is 1.80. The number of aromatic nitrogens is 3. The van der Waals surface area contributed by atoms with Crippen molar-refractivity contribution < 1.29 is 9.90 Å². The van der Waals surface area contributed by atoms with Crippen LogP contribution in [0.25, 0.3) is 0 Å². The van der Waals surface area contributed by atoms with Gasteiger partial charge >= 0.3 is 5.97 Å². The summed E-state index contributed by atoms with van der Waals surface area (Å²) in [5, 5.41) is 12.0. The molecule has 0 aliphatic rings. The fourth-order valence-electron chi connectivity index (χ4n) is 0.558. The Morgan fingerprint density at radius 1 is 1.70 bits per heavy atom. The third-order valence-electron chi connectivity index (χ3n) is 1.02. The van der Waals surface area contributed by atoms with Crippen molar-refractivity contribution in [3.63, 3.8) is 0 Å². The number of nitrogens with zero attached hydrogens (tertiary/aromatic N) is 3. The Morgan fingerprint density at radius 2 is 2.50 bits per heavy atom. The van der Waals surface area contributed by atoms with Crippen LogP contribution in [0.5, 0.6) is 0 Å². The van der Waals surface area contributed by atoms with Crippen molar-refractivity contribution in [3.05, 3.63) is 12.7 Å². The summed E-state index contributed by atoms with van der Waals surface area (Å²) < 4.78 is 1.48. The molecule has 0 amide bonds. The van der Waals surface area contributed by atoms with Crippen molar-refractivity contribution in [2.45, 2.75) is 13.0 Å². The molecule has 1 aromatic rings. The van der Waals surface area contributed by atoms with Gasteiger partial charge in [-0.2, -0.15) is 5.10 Å². The second-order valence-electron chi connectivity index (χ2n) is 1.80. The number of aliphatic carboxylic acids is 1. The molecule has 0 radical (unpaired) electrons. The van der Waals surface area contributed by atoms with E-state index in [1.54, 1.807) is 0 Å². The van der Waals surface area contributed by atoms with Gasteiger partial charge in [0.05, 0.1) is 13.0 Å². The highest BCUT2D eigenvalue weighted by molar-refractivity contribution is 5.66. The van der Waals surface area contributed by atoms with Gasteiger partial charge in [-0.15, -0.1) is 0 Å². The van der Waals surface area contributed by atoms with Gasteiger partial charge < -0.3 is 5.11 Å². The van der Waals surface area contributed by atoms with Gasteiger partial charge in [-0.05, 0) is 0 Å². The average Bonchev–Trinajstić information content (AvgIpc) is 2.34. The molecule has 0 aromatic carbocycles. The zero-order valence-electron chi connectivity index (χ0n) is 5.27. The van der Waals surface area contributed by atoms with E-state index in [2.05, 4.69) is 10.1 Å². The quantitative estimate of drug-likeness (QED) is 0.630. The zero-order chi connectivity index (χ0) is 7.40. The lowest BCUT2D eigenvalue weighted by atomic mass is 10.4. The van der Waals surface area contributed by atoms with E-state index in [0.717, 1.165) is 0 Å². The molecule has 5 nitrogen and oxygen atoms in total. The average molecular weight is 141 g/mol. The molecule has 0 spiro atoms. The van der Waals surface area contributed by atoms with Crippen LogP contribution in [0.4, 0.5) is 0 Å². The maximum absolute atomic E-state index is 10.0. The van der Waals surface area contributed by atoms with Gasteiger partial charge in [0.15, 0.2) is 0 Å². The van der Waals surface area contributed by atoms with E-state index in [9.17, 15) is 4.79 Å². The molecule has 1 rings (SSSR count). The minimum atomic E-state index is -0.824. The number of carbonyl (C=O) groups is 1. The molecule has 1 N–H and O–H groups in total. The summed E-state index contributed by atoms with van der Waals surface area (Å²) in [5.74, 6) is -0.824. The molecule has 0 saturated carbocycles. The standard InChI is InChI=1S/C5H7N3O2/c9-5(10)1-2-8-4-6-3-7-8/h3-4H,1-2H2,(H,9,10). The van der Waals surface area contributed by atoms with Crippen LogP contribution >= 0.6 is 0 Å². The molecule has 0 aliphatic heterocycles. The number of carboxylic acid groups (broad SMARTS) is 1. The number of hydrogen-bond acceptors (Lipinski definition) is 3. The van der Waals surface area contributed by atoms with E-state index in [1.807, 2.05) is 0 Å². The molecule has 0 aliphatic carbocycles. The topological polar surface area (TPSA) is 68.0 Å². The molecule has 1 aromatic heterocycles. The molecule has 0 bridgehead atoms. The summed E-state index contributed by atoms with van der Waals surface area (Å²) in [6, 6.07) is 0. The molecule has 10 heavy (non-hydrogen) atoms. The fourth-order valence-corrected chi connectivity index (χ4v) is 0.558. The maximum atomic E-state index is 10.0. The van der Waals surface area contributed by atoms with Crippen LogP contribution in [-0.4, -0.2) is 25.8 Å². The first-order valence-corrected chi connectivity index (χ1v) is 2.83. The molecule has 5 heteroatoms. The van der Waals surface area contributed by atoms with Crippen molar-refractivity contribution in [2.24, 2.45) is 0 Å². The van der Waals surface area contributed by atoms with Crippen LogP contribution in [0.1, 0.15) is 6.42 Å². The van der Waals surface area contributed by atoms with Gasteiger partial charge in [-0.3, -0.25) is 9.48 Å². The molecule has 54 valence electrons. The first kappa shape index (κ1) is 6.73. The van der Waals surface area contributed by atoms with Crippen LogP contribution in [0.2, 0.25) is 0 Å². The monoisotopic (exact) mass is 141 g/mol. The minimum Gasteiger partial charge on any atom is -0.481 e. The summed E-state index contributed by atoms with van der Waals surface area (Å²) in [6.07, 6.45) is 2.95. The van der Waals surface area contributed by atoms with E-state index >= 15 is 0 Å². The first-order valence-electron chi connectivity index (χ1n) is 2.83. The Labute approximate surface area is 57.3 Å². The molecule has 0 unspecified atom stereocenters. The van der Waals surface area contributed by atoms with Crippen LogP contribution in [0.15, 0.2) is 12.7 Å². The fraction of sp³-hybridized carbons (Fsp3) is 0.400. The lowest BCUT2D eigenvalue weighted by molar-refractivity contribution is -0.137. The van der Waals surface area contributed by atoms with Gasteiger partial charge in [0.1, 0.15) is 12.7 Å². The largest absolute Gasteiger partial charge is 0.481 e. The lowest BCUT2D eigenvalue weighted by Crippen LogP contribution is -2.04.